The molecular weight excluding hydrogens is 324 g/mol. The molecule has 2 heterocycles. The van der Waals surface area contributed by atoms with E-state index in [1.54, 1.807) is 24.3 Å². The Morgan fingerprint density at radius 2 is 2.08 bits per heavy atom. The van der Waals surface area contributed by atoms with Crippen LogP contribution >= 0.6 is 0 Å². The highest BCUT2D eigenvalue weighted by atomic mass is 19.1. The van der Waals surface area contributed by atoms with Crippen LogP contribution < -0.4 is 10.1 Å². The highest BCUT2D eigenvalue weighted by molar-refractivity contribution is 5.86. The predicted molar refractivity (Wildman–Crippen MR) is 92.1 cm³/mol. The van der Waals surface area contributed by atoms with E-state index in [9.17, 15) is 8.78 Å². The van der Waals surface area contributed by atoms with Gasteiger partial charge in [-0.05, 0) is 49.7 Å². The van der Waals surface area contributed by atoms with Gasteiger partial charge in [-0.1, -0.05) is 12.1 Å². The Kier molecular flexibility index (Phi) is 4.36. The SMILES string of the molecule is Fc1ccc2c(c1)c(OC[C@@H]1CCCNC1)nn2-c1ccccc1F. The van der Waals surface area contributed by atoms with Crippen LogP contribution in [0.5, 0.6) is 5.88 Å². The smallest absolute Gasteiger partial charge is 0.241 e. The van der Waals surface area contributed by atoms with Gasteiger partial charge in [0.15, 0.2) is 0 Å². The molecule has 1 fully saturated rings. The molecule has 4 rings (SSSR count). The first-order valence-corrected chi connectivity index (χ1v) is 8.49. The molecule has 3 aromatic rings. The Morgan fingerprint density at radius 1 is 1.20 bits per heavy atom. The number of piperidine rings is 1. The van der Waals surface area contributed by atoms with Crippen LogP contribution in [-0.4, -0.2) is 29.5 Å². The molecule has 6 heteroatoms. The fourth-order valence-corrected chi connectivity index (χ4v) is 3.24. The zero-order valence-corrected chi connectivity index (χ0v) is 13.7. The molecule has 0 aliphatic carbocycles. The number of nitrogens with zero attached hydrogens (tertiary/aromatic N) is 2. The lowest BCUT2D eigenvalue weighted by Gasteiger charge is -2.22. The largest absolute Gasteiger partial charge is 0.476 e. The van der Waals surface area contributed by atoms with Gasteiger partial charge in [-0.2, -0.15) is 0 Å². The average molecular weight is 343 g/mol. The number of benzene rings is 2. The molecule has 130 valence electrons. The number of nitrogens with one attached hydrogen (secondary N) is 1. The highest BCUT2D eigenvalue weighted by Crippen LogP contribution is 2.29. The lowest BCUT2D eigenvalue weighted by Crippen LogP contribution is -2.33. The van der Waals surface area contributed by atoms with Gasteiger partial charge < -0.3 is 10.1 Å². The predicted octanol–water partition coefficient (Wildman–Crippen LogP) is 3.68. The number of ether oxygens (including phenoxy) is 1. The van der Waals surface area contributed by atoms with E-state index in [-0.39, 0.29) is 11.6 Å². The second-order valence-corrected chi connectivity index (χ2v) is 6.35. The Hall–Kier alpha value is -2.47. The maximum Gasteiger partial charge on any atom is 0.241 e. The van der Waals surface area contributed by atoms with Gasteiger partial charge in [0.25, 0.3) is 0 Å². The topological polar surface area (TPSA) is 39.1 Å². The third kappa shape index (κ3) is 3.22. The van der Waals surface area contributed by atoms with Crippen molar-refractivity contribution in [3.63, 3.8) is 0 Å². The van der Waals surface area contributed by atoms with Crippen LogP contribution in [0.15, 0.2) is 42.5 Å². The molecule has 4 nitrogen and oxygen atoms in total. The van der Waals surface area contributed by atoms with E-state index in [4.69, 9.17) is 4.74 Å². The quantitative estimate of drug-likeness (QED) is 0.785. The van der Waals surface area contributed by atoms with E-state index >= 15 is 0 Å². The molecule has 0 spiro atoms. The first-order valence-electron chi connectivity index (χ1n) is 8.49. The Labute approximate surface area is 144 Å². The van der Waals surface area contributed by atoms with Gasteiger partial charge in [0.2, 0.25) is 5.88 Å². The molecule has 0 amide bonds. The average Bonchev–Trinajstić information content (AvgIpc) is 2.99. The summed E-state index contributed by atoms with van der Waals surface area (Å²) in [6.07, 6.45) is 2.21. The summed E-state index contributed by atoms with van der Waals surface area (Å²) < 4.78 is 35.3. The number of fused-ring (bicyclic) bond motifs is 1. The monoisotopic (exact) mass is 343 g/mol. The number of hydrogen-bond acceptors (Lipinski definition) is 3. The summed E-state index contributed by atoms with van der Waals surface area (Å²) in [6, 6.07) is 10.7. The van der Waals surface area contributed by atoms with Gasteiger partial charge in [-0.15, -0.1) is 5.10 Å². The molecule has 1 N–H and O–H groups in total. The van der Waals surface area contributed by atoms with Crippen LogP contribution in [0.2, 0.25) is 0 Å². The number of hydrogen-bond donors (Lipinski definition) is 1. The molecule has 0 saturated carbocycles. The van der Waals surface area contributed by atoms with Crippen LogP contribution in [0, 0.1) is 17.6 Å². The third-order valence-corrected chi connectivity index (χ3v) is 4.54. The fraction of sp³-hybridized carbons (Fsp3) is 0.316. The summed E-state index contributed by atoms with van der Waals surface area (Å²) in [6.45, 7) is 2.44. The van der Waals surface area contributed by atoms with Crippen molar-refractivity contribution >= 4 is 10.9 Å². The van der Waals surface area contributed by atoms with Crippen molar-refractivity contribution in [2.75, 3.05) is 19.7 Å². The molecular formula is C19H19F2N3O. The lowest BCUT2D eigenvalue weighted by atomic mass is 10.0. The van der Waals surface area contributed by atoms with Crippen molar-refractivity contribution in [2.24, 2.45) is 5.92 Å². The normalized spacial score (nSPS) is 17.8. The second kappa shape index (κ2) is 6.80. The van der Waals surface area contributed by atoms with Crippen molar-refractivity contribution in [1.82, 2.24) is 15.1 Å². The Morgan fingerprint density at radius 3 is 2.88 bits per heavy atom. The summed E-state index contributed by atoms with van der Waals surface area (Å²) >= 11 is 0. The summed E-state index contributed by atoms with van der Waals surface area (Å²) in [5, 5.41) is 8.30. The van der Waals surface area contributed by atoms with Gasteiger partial charge in [0.1, 0.15) is 17.3 Å². The summed E-state index contributed by atoms with van der Waals surface area (Å²) in [7, 11) is 0. The third-order valence-electron chi connectivity index (χ3n) is 4.54. The van der Waals surface area contributed by atoms with Crippen LogP contribution in [0.4, 0.5) is 8.78 Å². The summed E-state index contributed by atoms with van der Waals surface area (Å²) in [5.74, 6) is -0.0247. The Bertz CT molecular complexity index is 888. The first kappa shape index (κ1) is 16.0. The van der Waals surface area contributed by atoms with Crippen molar-refractivity contribution in [3.05, 3.63) is 54.1 Å². The molecule has 1 aromatic heterocycles. The minimum absolute atomic E-state index is 0.313. The second-order valence-electron chi connectivity index (χ2n) is 6.35. The molecule has 2 aromatic carbocycles. The molecule has 0 radical (unpaired) electrons. The van der Waals surface area contributed by atoms with Crippen molar-refractivity contribution in [3.8, 4) is 11.6 Å². The van der Waals surface area contributed by atoms with Gasteiger partial charge in [-0.25, -0.2) is 13.5 Å². The lowest BCUT2D eigenvalue weighted by molar-refractivity contribution is 0.213. The van der Waals surface area contributed by atoms with E-state index in [1.165, 1.54) is 22.9 Å². The minimum Gasteiger partial charge on any atom is -0.476 e. The van der Waals surface area contributed by atoms with Crippen LogP contribution in [0.25, 0.3) is 16.6 Å². The zero-order valence-electron chi connectivity index (χ0n) is 13.7. The van der Waals surface area contributed by atoms with E-state index in [0.29, 0.717) is 35.0 Å². The maximum absolute atomic E-state index is 14.2. The molecule has 0 bridgehead atoms. The van der Waals surface area contributed by atoms with Crippen molar-refractivity contribution in [2.45, 2.75) is 12.8 Å². The van der Waals surface area contributed by atoms with E-state index < -0.39 is 0 Å². The van der Waals surface area contributed by atoms with E-state index in [1.807, 2.05) is 0 Å². The van der Waals surface area contributed by atoms with Crippen molar-refractivity contribution in [1.29, 1.82) is 0 Å². The summed E-state index contributed by atoms with van der Waals surface area (Å²) in [5.41, 5.74) is 0.927. The molecule has 1 aliphatic rings. The zero-order chi connectivity index (χ0) is 17.2. The number of aromatic nitrogens is 2. The number of halogens is 2. The van der Waals surface area contributed by atoms with Gasteiger partial charge in [0, 0.05) is 12.5 Å². The molecule has 25 heavy (non-hydrogen) atoms. The van der Waals surface area contributed by atoms with Gasteiger partial charge >= 0.3 is 0 Å². The van der Waals surface area contributed by atoms with Crippen molar-refractivity contribution < 1.29 is 13.5 Å². The fourth-order valence-electron chi connectivity index (χ4n) is 3.24. The van der Waals surface area contributed by atoms with Gasteiger partial charge in [0.05, 0.1) is 17.5 Å². The molecule has 1 atom stereocenters. The minimum atomic E-state index is -0.390. The maximum atomic E-state index is 14.2. The Balaban J connectivity index is 1.71. The van der Waals surface area contributed by atoms with E-state index in [0.717, 1.165) is 25.9 Å². The van der Waals surface area contributed by atoms with Crippen LogP contribution in [0.1, 0.15) is 12.8 Å². The van der Waals surface area contributed by atoms with Crippen LogP contribution in [0.3, 0.4) is 0 Å². The van der Waals surface area contributed by atoms with Crippen LogP contribution in [-0.2, 0) is 0 Å². The van der Waals surface area contributed by atoms with E-state index in [2.05, 4.69) is 10.4 Å². The summed E-state index contributed by atoms with van der Waals surface area (Å²) in [4.78, 5) is 0. The number of rotatable bonds is 4. The number of para-hydroxylation sites is 1. The van der Waals surface area contributed by atoms with Gasteiger partial charge in [-0.3, -0.25) is 0 Å². The highest BCUT2D eigenvalue weighted by Gasteiger charge is 2.19. The molecule has 0 unspecified atom stereocenters. The first-order chi connectivity index (χ1) is 12.2. The standard InChI is InChI=1S/C19H19F2N3O/c20-14-7-8-17-15(10-14)19(25-12-13-4-3-9-22-11-13)23-24(17)18-6-2-1-5-16(18)21/h1-2,5-8,10,13,22H,3-4,9,11-12H2/t13-/m1/s1. The molecule has 1 aliphatic heterocycles. The molecule has 1 saturated heterocycles.